The molecule has 0 fully saturated rings. The lowest BCUT2D eigenvalue weighted by Gasteiger charge is -2.17. The van der Waals surface area contributed by atoms with E-state index in [4.69, 9.17) is 22.2 Å². The van der Waals surface area contributed by atoms with Gasteiger partial charge in [0, 0.05) is 10.6 Å². The number of thioether (sulfide) groups is 1. The summed E-state index contributed by atoms with van der Waals surface area (Å²) < 4.78 is 18.4. The minimum absolute atomic E-state index is 0.0931. The molecule has 21 heavy (non-hydrogen) atoms. The summed E-state index contributed by atoms with van der Waals surface area (Å²) in [4.78, 5) is 0.858. The number of hydrogen-bond acceptors (Lipinski definition) is 4. The summed E-state index contributed by atoms with van der Waals surface area (Å²) in [6.07, 6.45) is 0. The van der Waals surface area contributed by atoms with Gasteiger partial charge in [-0.05, 0) is 35.9 Å². The van der Waals surface area contributed by atoms with E-state index >= 15 is 0 Å². The highest BCUT2D eigenvalue weighted by Crippen LogP contribution is 2.30. The molecule has 0 aromatic heterocycles. The molecule has 0 amide bonds. The third-order valence-corrected chi connectivity index (χ3v) is 4.39. The van der Waals surface area contributed by atoms with Gasteiger partial charge in [-0.25, -0.2) is 4.39 Å². The molecule has 112 valence electrons. The minimum Gasteiger partial charge on any atom is -0.495 e. The molecule has 6 heteroatoms. The maximum absolute atomic E-state index is 13.2. The van der Waals surface area contributed by atoms with E-state index in [0.717, 1.165) is 10.5 Å². The maximum Gasteiger partial charge on any atom is 0.137 e. The largest absolute Gasteiger partial charge is 0.495 e. The van der Waals surface area contributed by atoms with Crippen molar-refractivity contribution in [2.75, 3.05) is 12.9 Å². The van der Waals surface area contributed by atoms with Gasteiger partial charge in [0.2, 0.25) is 0 Å². The molecule has 0 bridgehead atoms. The number of hydrogen-bond donors (Lipinski definition) is 2. The van der Waals surface area contributed by atoms with Gasteiger partial charge in [-0.1, -0.05) is 23.7 Å². The highest BCUT2D eigenvalue weighted by molar-refractivity contribution is 7.99. The molecule has 3 nitrogen and oxygen atoms in total. The molecule has 3 N–H and O–H groups in total. The molecular weight excluding hydrogens is 311 g/mol. The maximum atomic E-state index is 13.2. The van der Waals surface area contributed by atoms with Crippen LogP contribution in [0, 0.1) is 5.82 Å². The van der Waals surface area contributed by atoms with Crippen molar-refractivity contribution in [3.8, 4) is 5.75 Å². The van der Waals surface area contributed by atoms with Crippen molar-refractivity contribution in [1.29, 1.82) is 0 Å². The van der Waals surface area contributed by atoms with Gasteiger partial charge in [-0.2, -0.15) is 0 Å². The number of ether oxygens (including phenoxy) is 1. The Balaban J connectivity index is 2.09. The molecule has 2 aromatic carbocycles. The summed E-state index contributed by atoms with van der Waals surface area (Å²) in [6, 6.07) is 11.9. The van der Waals surface area contributed by atoms with Crippen molar-refractivity contribution >= 4 is 23.4 Å². The van der Waals surface area contributed by atoms with Crippen LogP contribution in [0.1, 0.15) is 11.6 Å². The quantitative estimate of drug-likeness (QED) is 0.482. The number of nitrogens with one attached hydrogen (secondary N) is 1. The van der Waals surface area contributed by atoms with E-state index in [1.807, 2.05) is 18.2 Å². The van der Waals surface area contributed by atoms with Crippen molar-refractivity contribution in [3.63, 3.8) is 0 Å². The molecule has 0 aliphatic rings. The predicted molar refractivity (Wildman–Crippen MR) is 85.2 cm³/mol. The second kappa shape index (κ2) is 7.66. The molecule has 2 rings (SSSR count). The van der Waals surface area contributed by atoms with Crippen LogP contribution in [0.5, 0.6) is 5.75 Å². The topological polar surface area (TPSA) is 47.3 Å². The first-order chi connectivity index (χ1) is 10.1. The van der Waals surface area contributed by atoms with Crippen molar-refractivity contribution < 1.29 is 9.13 Å². The lowest BCUT2D eigenvalue weighted by Crippen LogP contribution is -2.29. The van der Waals surface area contributed by atoms with E-state index in [1.165, 1.54) is 23.9 Å². The molecule has 1 atom stereocenters. The molecule has 2 aromatic rings. The Morgan fingerprint density at radius 2 is 2.14 bits per heavy atom. The third-order valence-electron chi connectivity index (χ3n) is 2.99. The van der Waals surface area contributed by atoms with Gasteiger partial charge in [0.05, 0.1) is 18.2 Å². The van der Waals surface area contributed by atoms with E-state index in [1.54, 1.807) is 19.2 Å². The van der Waals surface area contributed by atoms with E-state index in [2.05, 4.69) is 5.43 Å². The summed E-state index contributed by atoms with van der Waals surface area (Å²) >= 11 is 7.53. The zero-order valence-corrected chi connectivity index (χ0v) is 13.0. The van der Waals surface area contributed by atoms with E-state index in [-0.39, 0.29) is 11.9 Å². The highest BCUT2D eigenvalue weighted by atomic mass is 35.5. The molecule has 0 radical (unpaired) electrons. The summed E-state index contributed by atoms with van der Waals surface area (Å²) in [5, 5.41) is 0.551. The van der Waals surface area contributed by atoms with Crippen LogP contribution in [0.2, 0.25) is 5.02 Å². The zero-order valence-electron chi connectivity index (χ0n) is 11.5. The lowest BCUT2D eigenvalue weighted by molar-refractivity contribution is 0.413. The van der Waals surface area contributed by atoms with E-state index in [9.17, 15) is 4.39 Å². The van der Waals surface area contributed by atoms with Crippen molar-refractivity contribution in [2.45, 2.75) is 10.9 Å². The molecule has 0 saturated heterocycles. The number of benzene rings is 2. The van der Waals surface area contributed by atoms with Crippen LogP contribution in [0.3, 0.4) is 0 Å². The number of hydrazine groups is 1. The Labute approximate surface area is 132 Å². The lowest BCUT2D eigenvalue weighted by atomic mass is 10.1. The first-order valence-electron chi connectivity index (χ1n) is 6.32. The van der Waals surface area contributed by atoms with Crippen LogP contribution in [0.4, 0.5) is 4.39 Å². The zero-order chi connectivity index (χ0) is 15.2. The van der Waals surface area contributed by atoms with Crippen LogP contribution in [-0.2, 0) is 0 Å². The number of methoxy groups -OCH3 is 1. The second-order valence-electron chi connectivity index (χ2n) is 4.38. The van der Waals surface area contributed by atoms with Gasteiger partial charge in [-0.3, -0.25) is 11.3 Å². The number of halogens is 2. The monoisotopic (exact) mass is 326 g/mol. The summed E-state index contributed by atoms with van der Waals surface area (Å²) in [5.74, 6) is 6.63. The fourth-order valence-electron chi connectivity index (χ4n) is 1.87. The summed E-state index contributed by atoms with van der Waals surface area (Å²) in [7, 11) is 1.57. The average Bonchev–Trinajstić information content (AvgIpc) is 2.49. The minimum atomic E-state index is -0.245. The van der Waals surface area contributed by atoms with Gasteiger partial charge in [0.25, 0.3) is 0 Å². The average molecular weight is 327 g/mol. The molecule has 0 heterocycles. The first kappa shape index (κ1) is 16.1. The smallest absolute Gasteiger partial charge is 0.137 e. The van der Waals surface area contributed by atoms with E-state index < -0.39 is 0 Å². The predicted octanol–water partition coefficient (Wildman–Crippen LogP) is 3.78. The fraction of sp³-hybridized carbons (Fsp3) is 0.200. The van der Waals surface area contributed by atoms with Crippen molar-refractivity contribution in [2.24, 2.45) is 5.84 Å². The summed E-state index contributed by atoms with van der Waals surface area (Å²) in [5.41, 5.74) is 3.72. The van der Waals surface area contributed by atoms with Crippen LogP contribution in [0.15, 0.2) is 47.4 Å². The Kier molecular flexibility index (Phi) is 5.87. The Hall–Kier alpha value is -1.27. The molecule has 0 spiro atoms. The molecule has 0 aliphatic heterocycles. The van der Waals surface area contributed by atoms with Crippen LogP contribution >= 0.6 is 23.4 Å². The van der Waals surface area contributed by atoms with Crippen LogP contribution in [-0.4, -0.2) is 12.9 Å². The summed E-state index contributed by atoms with van der Waals surface area (Å²) in [6.45, 7) is 0. The standard InChI is InChI=1S/C15H16ClFN2OS/c1-20-15-7-10(5-6-13(15)16)14(19-18)9-21-12-4-2-3-11(17)8-12/h2-8,14,19H,9,18H2,1H3. The van der Waals surface area contributed by atoms with E-state index in [0.29, 0.717) is 16.5 Å². The highest BCUT2D eigenvalue weighted by Gasteiger charge is 2.13. The molecule has 1 unspecified atom stereocenters. The van der Waals surface area contributed by atoms with Crippen molar-refractivity contribution in [1.82, 2.24) is 5.43 Å². The molecule has 0 aliphatic carbocycles. The number of nitrogens with two attached hydrogens (primary N) is 1. The van der Waals surface area contributed by atoms with Crippen LogP contribution in [0.25, 0.3) is 0 Å². The SMILES string of the molecule is COc1cc(C(CSc2cccc(F)c2)NN)ccc1Cl. The van der Waals surface area contributed by atoms with Gasteiger partial charge < -0.3 is 4.74 Å². The van der Waals surface area contributed by atoms with Crippen LogP contribution < -0.4 is 16.0 Å². The molecular formula is C15H16ClFN2OS. The third kappa shape index (κ3) is 4.35. The Bertz CT molecular complexity index is 612. The van der Waals surface area contributed by atoms with Gasteiger partial charge >= 0.3 is 0 Å². The fourth-order valence-corrected chi connectivity index (χ4v) is 3.08. The normalized spacial score (nSPS) is 12.2. The Morgan fingerprint density at radius 3 is 2.81 bits per heavy atom. The molecule has 0 saturated carbocycles. The Morgan fingerprint density at radius 1 is 1.33 bits per heavy atom. The van der Waals surface area contributed by atoms with Gasteiger partial charge in [0.15, 0.2) is 0 Å². The van der Waals surface area contributed by atoms with Gasteiger partial charge in [0.1, 0.15) is 11.6 Å². The second-order valence-corrected chi connectivity index (χ2v) is 5.88. The van der Waals surface area contributed by atoms with Gasteiger partial charge in [-0.15, -0.1) is 11.8 Å². The van der Waals surface area contributed by atoms with Crippen molar-refractivity contribution in [3.05, 3.63) is 58.9 Å². The number of rotatable bonds is 6. The first-order valence-corrected chi connectivity index (χ1v) is 7.68.